The molecule has 5 heterocycles. The molecule has 136 heavy (non-hydrogen) atoms. The quantitative estimate of drug-likeness (QED) is 0.0159. The fourth-order valence-electron chi connectivity index (χ4n) is 15.3. The Bertz CT molecular complexity index is 5550. The van der Waals surface area contributed by atoms with Gasteiger partial charge in [-0.25, -0.2) is 0 Å². The molecule has 0 bridgehead atoms. The second-order valence-corrected chi connectivity index (χ2v) is 44.1. The molecule has 24 heteroatoms. The second kappa shape index (κ2) is 48.4. The topological polar surface area (TPSA) is 392 Å². The van der Waals surface area contributed by atoms with Gasteiger partial charge in [0.1, 0.15) is 57.8 Å². The van der Waals surface area contributed by atoms with Gasteiger partial charge in [0.15, 0.2) is 0 Å². The van der Waals surface area contributed by atoms with Crippen LogP contribution in [0.1, 0.15) is 292 Å². The monoisotopic (exact) mass is 1870 g/mol. The smallest absolute Gasteiger partial charge is 0.225 e. The predicted octanol–water partition coefficient (Wildman–Crippen LogP) is 20.6. The summed E-state index contributed by atoms with van der Waals surface area (Å²) in [6, 6.07) is 39.4. The van der Waals surface area contributed by atoms with E-state index < -0.39 is 37.9 Å². The van der Waals surface area contributed by atoms with Crippen LogP contribution >= 0.6 is 0 Å². The van der Waals surface area contributed by atoms with Crippen LogP contribution in [0.3, 0.4) is 0 Å². The van der Waals surface area contributed by atoms with Crippen molar-refractivity contribution >= 4 is 136 Å². The lowest BCUT2D eigenvalue weighted by Crippen LogP contribution is -2.43. The first-order valence-corrected chi connectivity index (χ1v) is 47.9. The molecule has 0 spiro atoms. The van der Waals surface area contributed by atoms with Gasteiger partial charge in [0.25, 0.3) is 0 Å². The molecule has 24 nitrogen and oxygen atoms in total. The van der Waals surface area contributed by atoms with Crippen molar-refractivity contribution in [3.8, 4) is 0 Å². The number of rotatable bonds is 41. The highest BCUT2D eigenvalue weighted by molar-refractivity contribution is 6.08. The van der Waals surface area contributed by atoms with Crippen molar-refractivity contribution in [3.63, 3.8) is 0 Å². The maximum absolute atomic E-state index is 12.6. The van der Waals surface area contributed by atoms with Crippen LogP contribution in [0, 0.1) is 48.7 Å². The van der Waals surface area contributed by atoms with E-state index in [4.69, 9.17) is 5.73 Å². The average molecular weight is 1870 g/mol. The molecule has 0 aliphatic heterocycles. The molecule has 738 valence electrons. The molecule has 10 aromatic rings. The third-order valence-corrected chi connectivity index (χ3v) is 26.4. The lowest BCUT2D eigenvalue weighted by molar-refractivity contribution is -0.139. The predicted molar refractivity (Wildman–Crippen MR) is 546 cm³/mol. The Morgan fingerprint density at radius 3 is 0.640 bits per heavy atom. The van der Waals surface area contributed by atoms with Crippen LogP contribution < -0.4 is 27.0 Å². The minimum atomic E-state index is -0.987. The Hall–Kier alpha value is -11.7. The molecule has 11 N–H and O–H groups in total. The Morgan fingerprint density at radius 2 is 0.449 bits per heavy atom. The van der Waals surface area contributed by atoms with Gasteiger partial charge in [-0.3, -0.25) is 67.1 Å². The normalized spacial score (nSPS) is 13.3. The average Bonchev–Trinajstić information content (AvgIpc) is 1.65. The van der Waals surface area contributed by atoms with Crippen LogP contribution in [0.4, 0.5) is 0 Å². The highest BCUT2D eigenvalue weighted by Crippen LogP contribution is 2.33. The lowest BCUT2D eigenvalue weighted by atomic mass is 9.81. The van der Waals surface area contributed by atoms with E-state index in [1.54, 1.807) is 69.2 Å². The number of hydrogen-bond acceptors (Lipinski definition) is 15. The van der Waals surface area contributed by atoms with Crippen molar-refractivity contribution in [2.24, 2.45) is 54.5 Å². The summed E-state index contributed by atoms with van der Waals surface area (Å²) >= 11 is 0. The summed E-state index contributed by atoms with van der Waals surface area (Å²) in [5, 5.41) is 18.1. The van der Waals surface area contributed by atoms with Crippen molar-refractivity contribution in [2.45, 2.75) is 326 Å². The van der Waals surface area contributed by atoms with Crippen LogP contribution in [0.5, 0.6) is 0 Å². The number of carbonyl (C=O) groups excluding carboxylic acids is 14. The fraction of sp³-hybridized carbons (Fsp3) is 0.518. The van der Waals surface area contributed by atoms with Crippen LogP contribution in [-0.2, 0) is 99.2 Å². The molecule has 0 aliphatic carbocycles. The Balaban J connectivity index is 0.000000262. The lowest BCUT2D eigenvalue weighted by Gasteiger charge is -2.26. The van der Waals surface area contributed by atoms with Crippen molar-refractivity contribution in [3.05, 3.63) is 180 Å². The van der Waals surface area contributed by atoms with Crippen LogP contribution in [0.25, 0.3) is 54.5 Å². The van der Waals surface area contributed by atoms with E-state index in [0.29, 0.717) is 77.0 Å². The van der Waals surface area contributed by atoms with E-state index in [1.807, 2.05) is 217 Å². The molecule has 10 rings (SSSR count). The zero-order valence-electron chi connectivity index (χ0n) is 86.1. The summed E-state index contributed by atoms with van der Waals surface area (Å²) in [7, 11) is 0. The third-order valence-electron chi connectivity index (χ3n) is 26.4. The van der Waals surface area contributed by atoms with E-state index in [0.717, 1.165) is 77.8 Å². The number of carbonyl (C=O) groups is 14. The second-order valence-electron chi connectivity index (χ2n) is 44.1. The standard InChI is InChI=1S/2C24H34N2O3.2C23H32N2O3.C18H24N2O2/c2*1-16(27)24(5,6)21(28)12-11-18(26-22(29)14-23(2,3)4)13-17-15-25-20-10-8-7-9-19(17)20;2*1-15(26)23(5,6)20(27)12-11-17(25-21(28)22(2,3)4)13-16-14-24-19-10-8-7-9-18(16)19;1-12(21)18(2,3)17(22)9-8-14(19)10-13-11-20-16-7-5-4-6-15(13)16/h2*7-10,15,18,25H,11-14H2,1-6H3,(H,26,29);2*7-10,14,17,24H,11-13H2,1-6H3,(H,25,28);4-7,11,14,20H,8-10,19H2,1-3H3/t2*18-;2*17-;14-/m00000/s1. The number of benzene rings is 5. The highest BCUT2D eigenvalue weighted by atomic mass is 16.2. The summed E-state index contributed by atoms with van der Waals surface area (Å²) in [5.74, 6) is -1.13. The molecule has 5 atom stereocenters. The SMILES string of the molecule is CC(=O)C(C)(C)C(=O)CC[C@@H](Cc1c[nH]c2ccccc12)NC(=O)C(C)(C)C.CC(=O)C(C)(C)C(=O)CC[C@@H](Cc1c[nH]c2ccccc12)NC(=O)C(C)(C)C.CC(=O)C(C)(C)C(=O)CC[C@@H](Cc1c[nH]c2ccccc12)NC(=O)CC(C)(C)C.CC(=O)C(C)(C)C(=O)CC[C@@H](Cc1c[nH]c2ccccc12)NC(=O)CC(C)(C)C.CC(=O)C(C)(C)C(=O)CC[C@H](N)Cc1c[nH]c2ccccc12. The van der Waals surface area contributed by atoms with Gasteiger partial charge in [0.2, 0.25) is 23.6 Å². The first-order chi connectivity index (χ1) is 63.0. The summed E-state index contributed by atoms with van der Waals surface area (Å²) in [6.07, 6.45) is 17.9. The number of aromatic amines is 5. The molecule has 5 aromatic heterocycles. The number of hydrogen-bond donors (Lipinski definition) is 10. The van der Waals surface area contributed by atoms with Gasteiger partial charge >= 0.3 is 0 Å². The van der Waals surface area contributed by atoms with Gasteiger partial charge in [-0.05, 0) is 237 Å². The first-order valence-electron chi connectivity index (χ1n) is 47.9. The molecule has 0 saturated heterocycles. The number of amides is 4. The van der Waals surface area contributed by atoms with Gasteiger partial charge in [-0.2, -0.15) is 0 Å². The Kier molecular flexibility index (Phi) is 40.2. The molecule has 0 radical (unpaired) electrons. The minimum Gasteiger partial charge on any atom is -0.361 e. The van der Waals surface area contributed by atoms with Crippen LogP contribution in [-0.4, -0.2) is 137 Å². The van der Waals surface area contributed by atoms with Gasteiger partial charge in [-0.15, -0.1) is 0 Å². The van der Waals surface area contributed by atoms with E-state index in [2.05, 4.69) is 64.4 Å². The molecule has 0 aliphatic rings. The van der Waals surface area contributed by atoms with Crippen LogP contribution in [0.2, 0.25) is 0 Å². The van der Waals surface area contributed by atoms with Crippen molar-refractivity contribution < 1.29 is 67.1 Å². The molecular weight excluding hydrogens is 1710 g/mol. The van der Waals surface area contributed by atoms with Gasteiger partial charge in [0, 0.05) is 171 Å². The first kappa shape index (κ1) is 113. The minimum absolute atomic E-state index is 0.0133. The molecular formula is C112H156N10O14. The number of nitrogens with one attached hydrogen (secondary N) is 9. The largest absolute Gasteiger partial charge is 0.361 e. The summed E-state index contributed by atoms with van der Waals surface area (Å²) in [5.41, 5.74) is 11.0. The van der Waals surface area contributed by atoms with E-state index in [-0.39, 0.29) is 148 Å². The molecule has 0 fully saturated rings. The number of Topliss-reactive ketones (excluding diaryl/α,β-unsaturated/α-hetero) is 10. The van der Waals surface area contributed by atoms with Crippen LogP contribution in [0.15, 0.2) is 152 Å². The van der Waals surface area contributed by atoms with Crippen molar-refractivity contribution in [2.75, 3.05) is 0 Å². The summed E-state index contributed by atoms with van der Waals surface area (Å²) in [4.78, 5) is 188. The third kappa shape index (κ3) is 33.7. The number of H-pyrrole nitrogens is 5. The molecule has 5 aromatic carbocycles. The maximum Gasteiger partial charge on any atom is 0.225 e. The van der Waals surface area contributed by atoms with Crippen molar-refractivity contribution in [1.29, 1.82) is 0 Å². The Labute approximate surface area is 805 Å². The van der Waals surface area contributed by atoms with E-state index >= 15 is 0 Å². The van der Waals surface area contributed by atoms with Gasteiger partial charge in [-0.1, -0.05) is 174 Å². The number of ketones is 10. The number of nitrogens with two attached hydrogens (primary N) is 1. The fourth-order valence-corrected chi connectivity index (χ4v) is 15.3. The molecule has 4 amide bonds. The number of aromatic nitrogens is 5. The van der Waals surface area contributed by atoms with Gasteiger partial charge in [0.05, 0.1) is 27.1 Å². The Morgan fingerprint density at radius 1 is 0.265 bits per heavy atom. The van der Waals surface area contributed by atoms with E-state index in [9.17, 15) is 67.1 Å². The zero-order valence-corrected chi connectivity index (χ0v) is 86.1. The van der Waals surface area contributed by atoms with E-state index in [1.165, 1.54) is 45.6 Å². The number of para-hydroxylation sites is 5. The molecule has 0 unspecified atom stereocenters. The maximum atomic E-state index is 12.6. The summed E-state index contributed by atoms with van der Waals surface area (Å²) in [6.45, 7) is 47.4. The summed E-state index contributed by atoms with van der Waals surface area (Å²) < 4.78 is 0. The zero-order chi connectivity index (χ0) is 102. The van der Waals surface area contributed by atoms with Gasteiger partial charge < -0.3 is 51.9 Å². The highest BCUT2D eigenvalue weighted by Gasteiger charge is 2.39. The van der Waals surface area contributed by atoms with Crippen molar-refractivity contribution in [1.82, 2.24) is 46.2 Å². The molecule has 0 saturated carbocycles. The number of fused-ring (bicyclic) bond motifs is 5.